The van der Waals surface area contributed by atoms with E-state index < -0.39 is 0 Å². The summed E-state index contributed by atoms with van der Waals surface area (Å²) in [4.78, 5) is 28.9. The highest BCUT2D eigenvalue weighted by molar-refractivity contribution is 7.15. The lowest BCUT2D eigenvalue weighted by molar-refractivity contribution is 1.20. The third-order valence-electron chi connectivity index (χ3n) is 12.5. The molecule has 0 saturated heterocycles. The molecule has 12 rings (SSSR count). The van der Waals surface area contributed by atoms with Crippen molar-refractivity contribution in [2.24, 2.45) is 0 Å². The Labute approximate surface area is 410 Å². The number of nitrogens with zero attached hydrogens (tertiary/aromatic N) is 8. The zero-order valence-electron chi connectivity index (χ0n) is 37.5. The molecule has 4 heterocycles. The maximum absolute atomic E-state index is 4.83. The van der Waals surface area contributed by atoms with Crippen LogP contribution in [0.3, 0.4) is 0 Å². The summed E-state index contributed by atoms with van der Waals surface area (Å²) in [7, 11) is 0. The summed E-state index contributed by atoms with van der Waals surface area (Å²) < 4.78 is 0. The number of aryl methyl sites for hydroxylation is 4. The van der Waals surface area contributed by atoms with E-state index in [2.05, 4.69) is 205 Å². The van der Waals surface area contributed by atoms with E-state index in [9.17, 15) is 0 Å². The molecule has 330 valence electrons. The average Bonchev–Trinajstić information content (AvgIpc) is 4.21. The maximum atomic E-state index is 4.83. The minimum Gasteiger partial charge on any atom is -0.300 e. The Morgan fingerprint density at radius 2 is 0.515 bits per heavy atom. The zero-order valence-corrected chi connectivity index (χ0v) is 40.8. The summed E-state index contributed by atoms with van der Waals surface area (Å²) in [5.74, 6) is 0. The number of aromatic nitrogens is 4. The quantitative estimate of drug-likeness (QED) is 0.112. The van der Waals surface area contributed by atoms with Crippen LogP contribution >= 0.6 is 45.3 Å². The van der Waals surface area contributed by atoms with Gasteiger partial charge in [0.05, 0.1) is 67.6 Å². The van der Waals surface area contributed by atoms with Crippen molar-refractivity contribution in [3.8, 4) is 0 Å². The molecule has 8 aromatic carbocycles. The van der Waals surface area contributed by atoms with Gasteiger partial charge in [0.2, 0.25) is 0 Å². The van der Waals surface area contributed by atoms with Crippen LogP contribution in [0.2, 0.25) is 0 Å². The summed E-state index contributed by atoms with van der Waals surface area (Å²) in [5, 5.41) is 11.0. The molecule has 12 aromatic rings. The van der Waals surface area contributed by atoms with Gasteiger partial charge in [0, 0.05) is 55.1 Å². The molecule has 0 N–H and O–H groups in total. The largest absolute Gasteiger partial charge is 0.300 e. The summed E-state index contributed by atoms with van der Waals surface area (Å²) in [5.41, 5.74) is 20.1. The fourth-order valence-corrected chi connectivity index (χ4v) is 12.8. The van der Waals surface area contributed by atoms with Crippen molar-refractivity contribution >= 4 is 143 Å². The first-order valence-corrected chi connectivity index (χ1v) is 25.8. The lowest BCUT2D eigenvalue weighted by atomic mass is 9.89. The first-order valence-electron chi connectivity index (χ1n) is 22.2. The second kappa shape index (κ2) is 17.3. The van der Waals surface area contributed by atoms with Gasteiger partial charge in [0.1, 0.15) is 20.0 Å². The van der Waals surface area contributed by atoms with Gasteiger partial charge in [-0.25, -0.2) is 19.9 Å². The molecule has 0 aliphatic rings. The third kappa shape index (κ3) is 6.98. The van der Waals surface area contributed by atoms with E-state index in [4.69, 9.17) is 19.9 Å². The van der Waals surface area contributed by atoms with Crippen molar-refractivity contribution in [1.82, 2.24) is 19.9 Å². The number of benzene rings is 8. The molecule has 68 heavy (non-hydrogen) atoms. The smallest absolute Gasteiger partial charge is 0.123 e. The monoisotopic (exact) mass is 954 g/mol. The van der Waals surface area contributed by atoms with Gasteiger partial charge in [0.25, 0.3) is 0 Å². The van der Waals surface area contributed by atoms with Crippen molar-refractivity contribution in [2.45, 2.75) is 27.7 Å². The second-order valence-corrected chi connectivity index (χ2v) is 19.9. The first kappa shape index (κ1) is 41.9. The predicted octanol–water partition coefficient (Wildman–Crippen LogP) is 17.5. The van der Waals surface area contributed by atoms with E-state index in [1.54, 1.807) is 45.3 Å². The van der Waals surface area contributed by atoms with Crippen molar-refractivity contribution in [3.63, 3.8) is 0 Å². The summed E-state index contributed by atoms with van der Waals surface area (Å²) in [6.45, 7) is 8.42. The zero-order chi connectivity index (χ0) is 45.9. The predicted molar refractivity (Wildman–Crippen MR) is 291 cm³/mol. The van der Waals surface area contributed by atoms with Crippen LogP contribution in [0, 0.1) is 27.7 Å². The fourth-order valence-electron chi connectivity index (χ4n) is 9.47. The van der Waals surface area contributed by atoms with Crippen molar-refractivity contribution < 1.29 is 0 Å². The summed E-state index contributed by atoms with van der Waals surface area (Å²) in [6.07, 6.45) is 0. The van der Waals surface area contributed by atoms with E-state index in [1.807, 2.05) is 22.0 Å². The Balaban J connectivity index is 1.29. The third-order valence-corrected chi connectivity index (χ3v) is 16.2. The molecule has 0 aliphatic carbocycles. The topological polar surface area (TPSA) is 64.5 Å². The van der Waals surface area contributed by atoms with Crippen LogP contribution in [0.15, 0.2) is 180 Å². The minimum atomic E-state index is 0.964. The number of para-hydroxylation sites is 4. The summed E-state index contributed by atoms with van der Waals surface area (Å²) in [6, 6.07) is 56.9. The molecule has 0 aliphatic heterocycles. The van der Waals surface area contributed by atoms with Crippen LogP contribution in [0.25, 0.3) is 32.3 Å². The Bertz CT molecular complexity index is 3240. The van der Waals surface area contributed by atoms with Gasteiger partial charge < -0.3 is 0 Å². The van der Waals surface area contributed by atoms with Crippen molar-refractivity contribution in [3.05, 3.63) is 203 Å². The summed E-state index contributed by atoms with van der Waals surface area (Å²) >= 11 is 6.62. The van der Waals surface area contributed by atoms with Crippen LogP contribution in [0.1, 0.15) is 22.8 Å². The number of thiazole rings is 4. The Kier molecular flexibility index (Phi) is 10.7. The van der Waals surface area contributed by atoms with Gasteiger partial charge in [-0.1, -0.05) is 97.1 Å². The van der Waals surface area contributed by atoms with Crippen LogP contribution < -0.4 is 19.6 Å². The van der Waals surface area contributed by atoms with Gasteiger partial charge in [-0.3, -0.25) is 19.6 Å². The van der Waals surface area contributed by atoms with Gasteiger partial charge >= 0.3 is 0 Å². The highest BCUT2D eigenvalue weighted by Gasteiger charge is 2.31. The molecule has 0 spiro atoms. The lowest BCUT2D eigenvalue weighted by Gasteiger charge is -2.33. The van der Waals surface area contributed by atoms with E-state index in [-0.39, 0.29) is 0 Å². The SMILES string of the molecule is Cc1ncsc1N(c1ccccc1)c1cc(N(c2ccccc2)c2scnc2C)c2ccc3c(N(c4ccccc4)c4scnc4C)cc(N(c4ccccc4)c4scnc4C)c4ccc1c2c43. The normalized spacial score (nSPS) is 11.5. The number of rotatable bonds is 12. The number of hydrogen-bond acceptors (Lipinski definition) is 12. The molecule has 0 fully saturated rings. The maximum Gasteiger partial charge on any atom is 0.123 e. The van der Waals surface area contributed by atoms with Crippen LogP contribution in [-0.2, 0) is 0 Å². The first-order chi connectivity index (χ1) is 33.4. The second-order valence-electron chi connectivity index (χ2n) is 16.6. The van der Waals surface area contributed by atoms with E-state index in [0.29, 0.717) is 0 Å². The molecule has 0 atom stereocenters. The Morgan fingerprint density at radius 3 is 0.706 bits per heavy atom. The van der Waals surface area contributed by atoms with Gasteiger partial charge in [0.15, 0.2) is 0 Å². The van der Waals surface area contributed by atoms with Crippen LogP contribution in [-0.4, -0.2) is 19.9 Å². The molecular formula is C56H42N8S4. The molecular weight excluding hydrogens is 913 g/mol. The number of hydrogen-bond donors (Lipinski definition) is 0. The van der Waals surface area contributed by atoms with Crippen LogP contribution in [0.4, 0.5) is 65.5 Å². The Hall–Kier alpha value is -7.48. The molecule has 0 radical (unpaired) electrons. The van der Waals surface area contributed by atoms with Crippen molar-refractivity contribution in [1.29, 1.82) is 0 Å². The average molecular weight is 955 g/mol. The Morgan fingerprint density at radius 1 is 0.294 bits per heavy atom. The van der Waals surface area contributed by atoms with Gasteiger partial charge in [-0.05, 0) is 88.4 Å². The van der Waals surface area contributed by atoms with E-state index in [0.717, 1.165) is 121 Å². The molecule has 8 nitrogen and oxygen atoms in total. The molecule has 0 saturated carbocycles. The molecule has 4 aromatic heterocycles. The fraction of sp³-hybridized carbons (Fsp3) is 0.0714. The molecule has 0 unspecified atom stereocenters. The number of anilines is 12. The van der Waals surface area contributed by atoms with Crippen molar-refractivity contribution in [2.75, 3.05) is 19.6 Å². The molecule has 0 bridgehead atoms. The van der Waals surface area contributed by atoms with E-state index in [1.165, 1.54) is 0 Å². The highest BCUT2D eigenvalue weighted by Crippen LogP contribution is 2.56. The standard InChI is InChI=1S/C56H42N8S4/c1-35-53(65-31-57-35)61(39-17-9-5-10-18-39)47-29-48(62(40-19-11-6-12-20-40)54-36(2)58-32-66-54)44-27-28-46-50(64(42-23-15-8-16-24-42)56-38(4)60-34-68-56)30-49(45-26-25-43(47)51(44)52(45)46)63(41-21-13-7-14-22-41)55-37(3)59-33-67-55/h5-34H,1-4H3. The van der Waals surface area contributed by atoms with Gasteiger partial charge in [-0.2, -0.15) is 0 Å². The minimum absolute atomic E-state index is 0.964. The molecule has 0 amide bonds. The van der Waals surface area contributed by atoms with Crippen LogP contribution in [0.5, 0.6) is 0 Å². The van der Waals surface area contributed by atoms with Gasteiger partial charge in [-0.15, -0.1) is 45.3 Å². The van der Waals surface area contributed by atoms with E-state index >= 15 is 0 Å². The lowest BCUT2D eigenvalue weighted by Crippen LogP contribution is -2.16. The highest BCUT2D eigenvalue weighted by atomic mass is 32.1. The molecule has 12 heteroatoms.